The molecule has 2 heteroatoms. The lowest BCUT2D eigenvalue weighted by molar-refractivity contribution is 0.0634. The SMILES string of the molecule is C1=CC23CCNCC4=CCCC(=C42)OC3CC1. The maximum Gasteiger partial charge on any atom is 0.112 e. The average molecular weight is 229 g/mol. The zero-order valence-corrected chi connectivity index (χ0v) is 10.2. The summed E-state index contributed by atoms with van der Waals surface area (Å²) in [5.74, 6) is 1.31. The van der Waals surface area contributed by atoms with Crippen molar-refractivity contribution in [1.82, 2.24) is 5.32 Å². The van der Waals surface area contributed by atoms with Crippen LogP contribution in [-0.4, -0.2) is 19.2 Å². The van der Waals surface area contributed by atoms with Crippen LogP contribution in [-0.2, 0) is 4.74 Å². The molecule has 2 atom stereocenters. The molecule has 4 aliphatic rings. The predicted octanol–water partition coefficient (Wildman–Crippen LogP) is 2.69. The molecule has 4 rings (SSSR count). The van der Waals surface area contributed by atoms with Crippen LogP contribution in [0, 0.1) is 5.41 Å². The number of nitrogens with one attached hydrogen (secondary N) is 1. The Morgan fingerprint density at radius 1 is 1.35 bits per heavy atom. The molecule has 90 valence electrons. The van der Waals surface area contributed by atoms with E-state index in [1.165, 1.54) is 30.6 Å². The van der Waals surface area contributed by atoms with Crippen LogP contribution in [0.1, 0.15) is 32.1 Å². The van der Waals surface area contributed by atoms with Crippen molar-refractivity contribution in [3.05, 3.63) is 35.1 Å². The number of hydrogen-bond acceptors (Lipinski definition) is 2. The first-order valence-corrected chi connectivity index (χ1v) is 6.88. The molecular formula is C15H19NO. The van der Waals surface area contributed by atoms with Crippen LogP contribution in [0.25, 0.3) is 0 Å². The maximum atomic E-state index is 6.29. The predicted molar refractivity (Wildman–Crippen MR) is 67.5 cm³/mol. The van der Waals surface area contributed by atoms with Gasteiger partial charge in [-0.3, -0.25) is 0 Å². The van der Waals surface area contributed by atoms with Gasteiger partial charge in [0.25, 0.3) is 0 Å². The molecule has 0 radical (unpaired) electrons. The molecule has 2 aliphatic heterocycles. The van der Waals surface area contributed by atoms with Crippen LogP contribution in [0.15, 0.2) is 35.1 Å². The summed E-state index contributed by atoms with van der Waals surface area (Å²) in [5, 5.41) is 3.57. The third-order valence-corrected chi connectivity index (χ3v) is 4.73. The fraction of sp³-hybridized carbons (Fsp3) is 0.600. The summed E-state index contributed by atoms with van der Waals surface area (Å²) in [7, 11) is 0. The highest BCUT2D eigenvalue weighted by molar-refractivity contribution is 5.50. The first-order valence-electron chi connectivity index (χ1n) is 6.88. The molecule has 1 spiro atoms. The zero-order chi connectivity index (χ0) is 11.3. The Balaban J connectivity index is 1.90. The summed E-state index contributed by atoms with van der Waals surface area (Å²) in [4.78, 5) is 0. The van der Waals surface area contributed by atoms with Gasteiger partial charge in [-0.25, -0.2) is 0 Å². The summed E-state index contributed by atoms with van der Waals surface area (Å²) >= 11 is 0. The van der Waals surface area contributed by atoms with E-state index in [-0.39, 0.29) is 5.41 Å². The normalized spacial score (nSPS) is 39.1. The number of ether oxygens (including phenoxy) is 1. The molecule has 17 heavy (non-hydrogen) atoms. The molecule has 0 amide bonds. The molecule has 0 saturated carbocycles. The fourth-order valence-electron chi connectivity index (χ4n) is 3.99. The fourth-order valence-corrected chi connectivity index (χ4v) is 3.99. The second-order valence-corrected chi connectivity index (χ2v) is 5.62. The van der Waals surface area contributed by atoms with E-state index in [2.05, 4.69) is 23.5 Å². The van der Waals surface area contributed by atoms with Crippen LogP contribution in [0.4, 0.5) is 0 Å². The number of hydrogen-bond donors (Lipinski definition) is 1. The van der Waals surface area contributed by atoms with Gasteiger partial charge in [0.15, 0.2) is 0 Å². The molecular weight excluding hydrogens is 210 g/mol. The smallest absolute Gasteiger partial charge is 0.112 e. The van der Waals surface area contributed by atoms with E-state index in [0.29, 0.717) is 6.10 Å². The average Bonchev–Trinajstić information content (AvgIpc) is 2.58. The lowest BCUT2D eigenvalue weighted by Gasteiger charge is -2.35. The highest BCUT2D eigenvalue weighted by atomic mass is 16.5. The van der Waals surface area contributed by atoms with Crippen LogP contribution < -0.4 is 5.32 Å². The van der Waals surface area contributed by atoms with Gasteiger partial charge in [0.2, 0.25) is 0 Å². The van der Waals surface area contributed by atoms with Gasteiger partial charge in [-0.2, -0.15) is 0 Å². The Morgan fingerprint density at radius 2 is 2.35 bits per heavy atom. The molecule has 2 aliphatic carbocycles. The molecule has 2 heterocycles. The van der Waals surface area contributed by atoms with Crippen molar-refractivity contribution in [2.75, 3.05) is 13.1 Å². The minimum absolute atomic E-state index is 0.212. The molecule has 0 aromatic rings. The summed E-state index contributed by atoms with van der Waals surface area (Å²) in [6.45, 7) is 2.14. The second-order valence-electron chi connectivity index (χ2n) is 5.62. The van der Waals surface area contributed by atoms with Gasteiger partial charge in [0.1, 0.15) is 11.9 Å². The maximum absolute atomic E-state index is 6.29. The van der Waals surface area contributed by atoms with Crippen molar-refractivity contribution in [3.8, 4) is 0 Å². The van der Waals surface area contributed by atoms with Gasteiger partial charge in [-0.1, -0.05) is 18.2 Å². The first-order chi connectivity index (χ1) is 8.40. The van der Waals surface area contributed by atoms with Gasteiger partial charge in [0, 0.05) is 18.5 Å². The second kappa shape index (κ2) is 3.49. The molecule has 0 bridgehead atoms. The molecule has 1 N–H and O–H groups in total. The van der Waals surface area contributed by atoms with Crippen LogP contribution in [0.5, 0.6) is 0 Å². The Bertz CT molecular complexity index is 446. The van der Waals surface area contributed by atoms with Crippen LogP contribution in [0.2, 0.25) is 0 Å². The van der Waals surface area contributed by atoms with Crippen molar-refractivity contribution in [3.63, 3.8) is 0 Å². The quantitative estimate of drug-likeness (QED) is 0.645. The van der Waals surface area contributed by atoms with Crippen molar-refractivity contribution < 1.29 is 4.74 Å². The topological polar surface area (TPSA) is 21.3 Å². The van der Waals surface area contributed by atoms with Crippen molar-refractivity contribution in [2.24, 2.45) is 5.41 Å². The van der Waals surface area contributed by atoms with Gasteiger partial charge in [-0.05, 0) is 37.8 Å². The van der Waals surface area contributed by atoms with E-state index >= 15 is 0 Å². The Kier molecular flexibility index (Phi) is 2.04. The van der Waals surface area contributed by atoms with E-state index in [9.17, 15) is 0 Å². The monoisotopic (exact) mass is 229 g/mol. The highest BCUT2D eigenvalue weighted by Crippen LogP contribution is 2.55. The Hall–Kier alpha value is -1.02. The standard InChI is InChI=1S/C15H19NO/c1-2-7-15-8-9-16-10-11-4-3-5-12(14(11)15)17-13(15)6-1/h2,4,7,13,16H,1,3,5-6,8-10H2. The van der Waals surface area contributed by atoms with E-state index in [1.807, 2.05) is 0 Å². The summed E-state index contributed by atoms with van der Waals surface area (Å²) in [6.07, 6.45) is 13.5. The summed E-state index contributed by atoms with van der Waals surface area (Å²) in [5.41, 5.74) is 3.27. The molecule has 1 fully saturated rings. The van der Waals surface area contributed by atoms with E-state index in [4.69, 9.17) is 4.74 Å². The van der Waals surface area contributed by atoms with Gasteiger partial charge in [0.05, 0.1) is 5.41 Å². The highest BCUT2D eigenvalue weighted by Gasteiger charge is 2.51. The molecule has 0 aromatic carbocycles. The minimum atomic E-state index is 0.212. The first kappa shape index (κ1) is 9.95. The molecule has 2 unspecified atom stereocenters. The van der Waals surface area contributed by atoms with Gasteiger partial charge >= 0.3 is 0 Å². The molecule has 2 nitrogen and oxygen atoms in total. The Morgan fingerprint density at radius 3 is 3.35 bits per heavy atom. The van der Waals surface area contributed by atoms with Crippen molar-refractivity contribution >= 4 is 0 Å². The minimum Gasteiger partial charge on any atom is -0.493 e. The van der Waals surface area contributed by atoms with Crippen molar-refractivity contribution in [2.45, 2.75) is 38.2 Å². The van der Waals surface area contributed by atoms with E-state index in [1.54, 1.807) is 5.57 Å². The third-order valence-electron chi connectivity index (χ3n) is 4.73. The number of rotatable bonds is 0. The van der Waals surface area contributed by atoms with Gasteiger partial charge in [-0.15, -0.1) is 0 Å². The van der Waals surface area contributed by atoms with Gasteiger partial charge < -0.3 is 10.1 Å². The van der Waals surface area contributed by atoms with Crippen LogP contribution in [0.3, 0.4) is 0 Å². The lowest BCUT2D eigenvalue weighted by Crippen LogP contribution is -2.35. The lowest BCUT2D eigenvalue weighted by atomic mass is 9.67. The van der Waals surface area contributed by atoms with Crippen molar-refractivity contribution in [1.29, 1.82) is 0 Å². The summed E-state index contributed by atoms with van der Waals surface area (Å²) < 4.78 is 6.29. The zero-order valence-electron chi connectivity index (χ0n) is 10.2. The van der Waals surface area contributed by atoms with Crippen LogP contribution >= 0.6 is 0 Å². The number of allylic oxidation sites excluding steroid dienone is 3. The van der Waals surface area contributed by atoms with E-state index < -0.39 is 0 Å². The Labute approximate surface area is 102 Å². The molecule has 0 aromatic heterocycles. The largest absolute Gasteiger partial charge is 0.493 e. The molecule has 1 saturated heterocycles. The summed E-state index contributed by atoms with van der Waals surface area (Å²) in [6, 6.07) is 0. The van der Waals surface area contributed by atoms with E-state index in [0.717, 1.165) is 25.9 Å². The third kappa shape index (κ3) is 1.25.